The van der Waals surface area contributed by atoms with Gasteiger partial charge in [0.15, 0.2) is 5.78 Å². The summed E-state index contributed by atoms with van der Waals surface area (Å²) in [6.45, 7) is 2.64. The first kappa shape index (κ1) is 8.30. The first-order valence-electron chi connectivity index (χ1n) is 5.03. The molecule has 0 aromatic rings. The number of allylic oxidation sites excluding steroid dienone is 3. The van der Waals surface area contributed by atoms with E-state index in [0.717, 1.165) is 18.7 Å². The van der Waals surface area contributed by atoms with Crippen LogP contribution in [0.4, 0.5) is 0 Å². The predicted molar refractivity (Wildman–Crippen MR) is 53.3 cm³/mol. The van der Waals surface area contributed by atoms with Gasteiger partial charge in [0.25, 0.3) is 0 Å². The minimum Gasteiger partial charge on any atom is -0.432 e. The van der Waals surface area contributed by atoms with Gasteiger partial charge in [0.2, 0.25) is 0 Å². The molecule has 1 spiro atoms. The number of nitrogens with zero attached hydrogens (tertiary/aromatic N) is 1. The summed E-state index contributed by atoms with van der Waals surface area (Å²) < 4.78 is 0. The van der Waals surface area contributed by atoms with Gasteiger partial charge in [-0.25, -0.2) is 0 Å². The second-order valence-corrected chi connectivity index (χ2v) is 4.49. The molecule has 2 unspecified atom stereocenters. The molecule has 3 aliphatic rings. The molecule has 3 rings (SSSR count). The van der Waals surface area contributed by atoms with E-state index < -0.39 is 7.05 Å². The molecule has 2 aliphatic carbocycles. The van der Waals surface area contributed by atoms with Gasteiger partial charge in [-0.3, -0.25) is 4.79 Å². The van der Waals surface area contributed by atoms with Crippen LogP contribution in [0.3, 0.4) is 0 Å². The van der Waals surface area contributed by atoms with Crippen molar-refractivity contribution >= 4 is 12.8 Å². The van der Waals surface area contributed by atoms with Crippen LogP contribution in [0.15, 0.2) is 23.9 Å². The van der Waals surface area contributed by atoms with Crippen LogP contribution in [0, 0.1) is 11.3 Å². The molecule has 72 valence electrons. The van der Waals surface area contributed by atoms with E-state index in [1.807, 2.05) is 10.9 Å². The number of carbonyl (C=O) groups excluding carboxylic acids is 1. The molecule has 0 bridgehead atoms. The van der Waals surface area contributed by atoms with Crippen molar-refractivity contribution in [3.05, 3.63) is 23.9 Å². The lowest BCUT2D eigenvalue weighted by Gasteiger charge is -2.27. The molecule has 3 nitrogen and oxygen atoms in total. The van der Waals surface area contributed by atoms with Crippen LogP contribution >= 0.6 is 0 Å². The minimum absolute atomic E-state index is 0.0452. The third kappa shape index (κ3) is 0.844. The highest BCUT2D eigenvalue weighted by molar-refractivity contribution is 6.46. The van der Waals surface area contributed by atoms with E-state index in [0.29, 0.717) is 5.92 Å². The van der Waals surface area contributed by atoms with Crippen LogP contribution in [0.5, 0.6) is 0 Å². The van der Waals surface area contributed by atoms with Crippen molar-refractivity contribution in [1.82, 2.24) is 4.81 Å². The Kier molecular flexibility index (Phi) is 1.37. The molecule has 0 amide bonds. The van der Waals surface area contributed by atoms with Gasteiger partial charge in [0.05, 0.1) is 0 Å². The Labute approximate surface area is 83.2 Å². The summed E-state index contributed by atoms with van der Waals surface area (Å²) in [5.74, 6) is 0.663. The molecule has 1 saturated carbocycles. The fraction of sp³-hybridized carbons (Fsp3) is 0.500. The first-order chi connectivity index (χ1) is 6.63. The van der Waals surface area contributed by atoms with E-state index in [9.17, 15) is 9.82 Å². The molecular weight excluding hydrogens is 177 g/mol. The topological polar surface area (TPSA) is 40.5 Å². The van der Waals surface area contributed by atoms with Gasteiger partial charge >= 0.3 is 7.05 Å². The van der Waals surface area contributed by atoms with Crippen molar-refractivity contribution in [2.45, 2.75) is 13.2 Å². The maximum atomic E-state index is 11.3. The second kappa shape index (κ2) is 2.31. The highest BCUT2D eigenvalue weighted by Gasteiger charge is 2.63. The predicted octanol–water partition coefficient (Wildman–Crippen LogP) is 0.441. The third-order valence-electron chi connectivity index (χ3n) is 3.63. The van der Waals surface area contributed by atoms with Gasteiger partial charge in [-0.2, -0.15) is 0 Å². The second-order valence-electron chi connectivity index (χ2n) is 4.49. The zero-order chi connectivity index (χ0) is 9.92. The van der Waals surface area contributed by atoms with E-state index in [-0.39, 0.29) is 11.2 Å². The van der Waals surface area contributed by atoms with Gasteiger partial charge in [-0.15, -0.1) is 0 Å². The maximum Gasteiger partial charge on any atom is 0.409 e. The van der Waals surface area contributed by atoms with Gasteiger partial charge < -0.3 is 9.83 Å². The van der Waals surface area contributed by atoms with Crippen molar-refractivity contribution in [2.75, 3.05) is 6.54 Å². The number of ketones is 1. The van der Waals surface area contributed by atoms with Crippen LogP contribution in [0.1, 0.15) is 6.42 Å². The summed E-state index contributed by atoms with van der Waals surface area (Å²) in [6.07, 6.45) is 6.51. The lowest BCUT2D eigenvalue weighted by atomic mass is 9.82. The molecule has 1 heterocycles. The fourth-order valence-electron chi connectivity index (χ4n) is 2.77. The molecule has 2 fully saturated rings. The van der Waals surface area contributed by atoms with E-state index >= 15 is 0 Å². The summed E-state index contributed by atoms with van der Waals surface area (Å²) in [5, 5.41) is 9.56. The average Bonchev–Trinajstić information content (AvgIpc) is 2.73. The van der Waals surface area contributed by atoms with E-state index in [4.69, 9.17) is 0 Å². The van der Waals surface area contributed by atoms with E-state index in [1.165, 1.54) is 0 Å². The van der Waals surface area contributed by atoms with Crippen molar-refractivity contribution in [1.29, 1.82) is 0 Å². The Bertz CT molecular complexity index is 374. The zero-order valence-electron chi connectivity index (χ0n) is 8.10. The van der Waals surface area contributed by atoms with Crippen LogP contribution < -0.4 is 0 Å². The molecule has 1 aliphatic heterocycles. The largest absolute Gasteiger partial charge is 0.432 e. The number of rotatable bonds is 1. The van der Waals surface area contributed by atoms with Crippen molar-refractivity contribution in [2.24, 2.45) is 11.3 Å². The Hall–Kier alpha value is -1.03. The molecule has 1 saturated heterocycles. The van der Waals surface area contributed by atoms with Crippen LogP contribution in [0.2, 0.25) is 6.82 Å². The third-order valence-corrected chi connectivity index (χ3v) is 3.63. The van der Waals surface area contributed by atoms with Crippen molar-refractivity contribution in [3.63, 3.8) is 0 Å². The first-order valence-corrected chi connectivity index (χ1v) is 5.03. The molecule has 0 aromatic heterocycles. The SMILES string of the molecule is CB(O)N1CC2CC23C=CC(=O)C=C13. The summed E-state index contributed by atoms with van der Waals surface area (Å²) >= 11 is 0. The highest BCUT2D eigenvalue weighted by atomic mass is 16.2. The molecular formula is C10H12BNO2. The van der Waals surface area contributed by atoms with E-state index in [1.54, 1.807) is 19.0 Å². The molecule has 0 radical (unpaired) electrons. The number of hydrogen-bond acceptors (Lipinski definition) is 3. The average molecular weight is 189 g/mol. The Balaban J connectivity index is 2.02. The normalized spacial score (nSPS) is 37.9. The highest BCUT2D eigenvalue weighted by Crippen LogP contribution is 2.65. The van der Waals surface area contributed by atoms with Crippen LogP contribution in [-0.2, 0) is 4.79 Å². The summed E-state index contributed by atoms with van der Waals surface area (Å²) in [7, 11) is -0.481. The summed E-state index contributed by atoms with van der Waals surface area (Å²) in [6, 6.07) is 0. The lowest BCUT2D eigenvalue weighted by Crippen LogP contribution is -2.36. The van der Waals surface area contributed by atoms with Gasteiger partial charge in [-0.05, 0) is 25.2 Å². The molecule has 4 heteroatoms. The molecule has 14 heavy (non-hydrogen) atoms. The Morgan fingerprint density at radius 1 is 1.71 bits per heavy atom. The Morgan fingerprint density at radius 2 is 2.50 bits per heavy atom. The summed E-state index contributed by atoms with van der Waals surface area (Å²) in [5.41, 5.74) is 1.15. The number of hydrogen-bond donors (Lipinski definition) is 1. The van der Waals surface area contributed by atoms with Crippen LogP contribution in [0.25, 0.3) is 0 Å². The number of carbonyl (C=O) groups is 1. The maximum absolute atomic E-state index is 11.3. The standard InChI is InChI=1S/C10H12BNO2/c1-11(14)12-6-7-5-10(7)3-2-8(13)4-9(10)12/h2-4,7,14H,5-6H2,1H3. The van der Waals surface area contributed by atoms with Crippen molar-refractivity contribution < 1.29 is 9.82 Å². The van der Waals surface area contributed by atoms with Crippen molar-refractivity contribution in [3.8, 4) is 0 Å². The van der Waals surface area contributed by atoms with E-state index in [2.05, 4.69) is 0 Å². The Morgan fingerprint density at radius 3 is 3.21 bits per heavy atom. The molecule has 2 atom stereocenters. The van der Waals surface area contributed by atoms with Gasteiger partial charge in [0.1, 0.15) is 0 Å². The lowest BCUT2D eigenvalue weighted by molar-refractivity contribution is -0.110. The van der Waals surface area contributed by atoms with Crippen LogP contribution in [-0.4, -0.2) is 29.2 Å². The molecule has 0 aromatic carbocycles. The smallest absolute Gasteiger partial charge is 0.409 e. The minimum atomic E-state index is -0.481. The summed E-state index contributed by atoms with van der Waals surface area (Å²) in [4.78, 5) is 13.2. The monoisotopic (exact) mass is 189 g/mol. The molecule has 1 N–H and O–H groups in total. The quantitative estimate of drug-likeness (QED) is 0.608. The fourth-order valence-corrected chi connectivity index (χ4v) is 2.77. The zero-order valence-corrected chi connectivity index (χ0v) is 8.10. The van der Waals surface area contributed by atoms with Gasteiger partial charge in [-0.1, -0.05) is 6.08 Å². The number of piperidine rings is 1. The van der Waals surface area contributed by atoms with Gasteiger partial charge in [0, 0.05) is 23.7 Å².